The molecule has 0 aliphatic carbocycles. The van der Waals surface area contributed by atoms with E-state index in [2.05, 4.69) is 12.2 Å². The minimum Gasteiger partial charge on any atom is -0.449 e. The molecule has 1 aliphatic heterocycles. The van der Waals surface area contributed by atoms with Crippen LogP contribution in [0.3, 0.4) is 0 Å². The van der Waals surface area contributed by atoms with E-state index in [-0.39, 0.29) is 12.1 Å². The molecule has 2 atom stereocenters. The third-order valence-corrected chi connectivity index (χ3v) is 2.27. The van der Waals surface area contributed by atoms with Crippen molar-refractivity contribution in [1.29, 1.82) is 0 Å². The van der Waals surface area contributed by atoms with E-state index in [0.717, 1.165) is 13.1 Å². The van der Waals surface area contributed by atoms with Crippen molar-refractivity contribution in [2.24, 2.45) is 5.92 Å². The number of cyclic esters (lactones) is 1. The first-order valence-electron chi connectivity index (χ1n) is 4.73. The molecule has 4 heteroatoms. The van der Waals surface area contributed by atoms with Crippen LogP contribution in [0.2, 0.25) is 0 Å². The van der Waals surface area contributed by atoms with Gasteiger partial charge in [-0.3, -0.25) is 0 Å². The molecule has 13 heavy (non-hydrogen) atoms. The van der Waals surface area contributed by atoms with Gasteiger partial charge in [0.2, 0.25) is 0 Å². The van der Waals surface area contributed by atoms with Gasteiger partial charge in [0, 0.05) is 25.0 Å². The van der Waals surface area contributed by atoms with Crippen LogP contribution in [0.5, 0.6) is 0 Å². The summed E-state index contributed by atoms with van der Waals surface area (Å²) in [6.07, 6.45) is -0.180. The zero-order valence-corrected chi connectivity index (χ0v) is 8.54. The molecule has 1 fully saturated rings. The number of amides is 1. The molecule has 1 aliphatic rings. The molecule has 0 spiro atoms. The van der Waals surface area contributed by atoms with Gasteiger partial charge in [-0.2, -0.15) is 0 Å². The van der Waals surface area contributed by atoms with Gasteiger partial charge >= 0.3 is 6.09 Å². The Morgan fingerprint density at radius 3 is 3.08 bits per heavy atom. The summed E-state index contributed by atoms with van der Waals surface area (Å²) in [5.74, 6) is 0.442. The largest absolute Gasteiger partial charge is 0.449 e. The van der Waals surface area contributed by atoms with E-state index in [1.54, 1.807) is 4.90 Å². The lowest BCUT2D eigenvalue weighted by molar-refractivity contribution is 0.0341. The molecular formula is C9H18N2O2. The van der Waals surface area contributed by atoms with Gasteiger partial charge in [-0.15, -0.1) is 0 Å². The lowest BCUT2D eigenvalue weighted by Gasteiger charge is -2.34. The topological polar surface area (TPSA) is 41.6 Å². The van der Waals surface area contributed by atoms with Crippen LogP contribution in [-0.2, 0) is 4.74 Å². The number of carbonyl (C=O) groups is 1. The molecular weight excluding hydrogens is 168 g/mol. The Kier molecular flexibility index (Phi) is 3.54. The molecule has 1 N–H and O–H groups in total. The monoisotopic (exact) mass is 186 g/mol. The van der Waals surface area contributed by atoms with Crippen LogP contribution in [0.25, 0.3) is 0 Å². The zero-order chi connectivity index (χ0) is 9.84. The molecule has 0 radical (unpaired) electrons. The molecule has 0 bridgehead atoms. The highest BCUT2D eigenvalue weighted by atomic mass is 16.6. The minimum absolute atomic E-state index is 0.180. The number of likely N-dealkylation sites (N-methyl/N-ethyl adjacent to an activating group) is 1. The summed E-state index contributed by atoms with van der Waals surface area (Å²) in [4.78, 5) is 13.1. The molecule has 4 nitrogen and oxygen atoms in total. The summed E-state index contributed by atoms with van der Waals surface area (Å²) in [5.41, 5.74) is 0. The van der Waals surface area contributed by atoms with Crippen molar-refractivity contribution in [2.75, 3.05) is 26.7 Å². The van der Waals surface area contributed by atoms with Gasteiger partial charge in [0.25, 0.3) is 0 Å². The van der Waals surface area contributed by atoms with E-state index < -0.39 is 0 Å². The second kappa shape index (κ2) is 4.46. The molecule has 1 rings (SSSR count). The van der Waals surface area contributed by atoms with Gasteiger partial charge in [0.1, 0.15) is 0 Å². The normalized spacial score (nSPS) is 25.6. The van der Waals surface area contributed by atoms with Gasteiger partial charge in [-0.05, 0) is 14.0 Å². The number of ether oxygens (including phenoxy) is 1. The number of carbonyl (C=O) groups excluding carboxylic acids is 1. The van der Waals surface area contributed by atoms with Crippen LogP contribution in [-0.4, -0.2) is 43.8 Å². The molecule has 0 aromatic heterocycles. The smallest absolute Gasteiger partial charge is 0.410 e. The number of hydrogen-bond acceptors (Lipinski definition) is 3. The van der Waals surface area contributed by atoms with Crippen molar-refractivity contribution in [3.05, 3.63) is 0 Å². The van der Waals surface area contributed by atoms with Gasteiger partial charge in [0.15, 0.2) is 0 Å². The fraction of sp³-hybridized carbons (Fsp3) is 0.889. The van der Waals surface area contributed by atoms with Crippen molar-refractivity contribution >= 4 is 6.09 Å². The Morgan fingerprint density at radius 2 is 2.46 bits per heavy atom. The number of hydrogen-bond donors (Lipinski definition) is 1. The van der Waals surface area contributed by atoms with E-state index >= 15 is 0 Å². The maximum atomic E-state index is 11.3. The van der Waals surface area contributed by atoms with Gasteiger partial charge in [-0.1, -0.05) is 6.92 Å². The maximum absolute atomic E-state index is 11.3. The molecule has 0 saturated carbocycles. The van der Waals surface area contributed by atoms with E-state index in [9.17, 15) is 4.79 Å². The Labute approximate surface area is 79.2 Å². The van der Waals surface area contributed by atoms with E-state index in [4.69, 9.17) is 4.74 Å². The van der Waals surface area contributed by atoms with Gasteiger partial charge < -0.3 is 15.0 Å². The van der Waals surface area contributed by atoms with E-state index in [0.29, 0.717) is 12.5 Å². The predicted molar refractivity (Wildman–Crippen MR) is 50.6 cm³/mol. The second-order valence-electron chi connectivity index (χ2n) is 3.74. The summed E-state index contributed by atoms with van der Waals surface area (Å²) < 4.78 is 5.03. The number of nitrogens with zero attached hydrogens (tertiary/aromatic N) is 1. The summed E-state index contributed by atoms with van der Waals surface area (Å²) >= 11 is 0. The fourth-order valence-corrected chi connectivity index (χ4v) is 1.52. The number of nitrogens with one attached hydrogen (secondary N) is 1. The summed E-state index contributed by atoms with van der Waals surface area (Å²) in [5, 5.41) is 3.05. The molecule has 1 amide bonds. The molecule has 0 aromatic rings. The van der Waals surface area contributed by atoms with E-state index in [1.807, 2.05) is 14.0 Å². The van der Waals surface area contributed by atoms with Crippen LogP contribution in [0.15, 0.2) is 0 Å². The van der Waals surface area contributed by atoms with Crippen LogP contribution in [0.4, 0.5) is 4.79 Å². The minimum atomic E-state index is -0.180. The van der Waals surface area contributed by atoms with Crippen LogP contribution >= 0.6 is 0 Å². The molecule has 76 valence electrons. The highest BCUT2D eigenvalue weighted by molar-refractivity contribution is 5.68. The Hall–Kier alpha value is -0.770. The first-order valence-corrected chi connectivity index (χ1v) is 4.73. The third kappa shape index (κ3) is 2.59. The van der Waals surface area contributed by atoms with Crippen molar-refractivity contribution in [3.63, 3.8) is 0 Å². The molecule has 0 aromatic carbocycles. The summed E-state index contributed by atoms with van der Waals surface area (Å²) in [7, 11) is 1.88. The first kappa shape index (κ1) is 10.3. The third-order valence-electron chi connectivity index (χ3n) is 2.27. The molecule has 1 heterocycles. The van der Waals surface area contributed by atoms with Crippen LogP contribution in [0.1, 0.15) is 13.8 Å². The maximum Gasteiger partial charge on any atom is 0.410 e. The number of rotatable bonds is 3. The SMILES string of the molecule is CNCC(C)N1CC(C)COC1=O. The fourth-order valence-electron chi connectivity index (χ4n) is 1.52. The second-order valence-corrected chi connectivity index (χ2v) is 3.74. The van der Waals surface area contributed by atoms with Crippen molar-refractivity contribution in [3.8, 4) is 0 Å². The average Bonchev–Trinajstić information content (AvgIpc) is 2.09. The Morgan fingerprint density at radius 1 is 1.77 bits per heavy atom. The standard InChI is InChI=1S/C9H18N2O2/c1-7-5-11(8(2)4-10-3)9(12)13-6-7/h7-8,10H,4-6H2,1-3H3. The van der Waals surface area contributed by atoms with E-state index in [1.165, 1.54) is 0 Å². The Bertz CT molecular complexity index is 184. The average molecular weight is 186 g/mol. The highest BCUT2D eigenvalue weighted by Gasteiger charge is 2.27. The lowest BCUT2D eigenvalue weighted by Crippen LogP contribution is -2.49. The van der Waals surface area contributed by atoms with Crippen molar-refractivity contribution in [1.82, 2.24) is 10.2 Å². The molecule has 2 unspecified atom stereocenters. The van der Waals surface area contributed by atoms with Crippen LogP contribution < -0.4 is 5.32 Å². The predicted octanol–water partition coefficient (Wildman–Crippen LogP) is 0.683. The summed E-state index contributed by atoms with van der Waals surface area (Å²) in [6, 6.07) is 0.209. The van der Waals surface area contributed by atoms with Crippen LogP contribution in [0, 0.1) is 5.92 Å². The van der Waals surface area contributed by atoms with Crippen molar-refractivity contribution < 1.29 is 9.53 Å². The summed E-state index contributed by atoms with van der Waals surface area (Å²) in [6.45, 7) is 6.28. The van der Waals surface area contributed by atoms with Crippen molar-refractivity contribution in [2.45, 2.75) is 19.9 Å². The Balaban J connectivity index is 2.49. The molecule has 1 saturated heterocycles. The highest BCUT2D eigenvalue weighted by Crippen LogP contribution is 2.13. The first-order chi connectivity index (χ1) is 6.15. The van der Waals surface area contributed by atoms with Gasteiger partial charge in [-0.25, -0.2) is 4.79 Å². The quantitative estimate of drug-likeness (QED) is 0.705. The van der Waals surface area contributed by atoms with Gasteiger partial charge in [0.05, 0.1) is 6.61 Å². The zero-order valence-electron chi connectivity index (χ0n) is 8.54. The lowest BCUT2D eigenvalue weighted by atomic mass is 10.1.